The molecular weight excluding hydrogens is 414 g/mol. The molecule has 1 aliphatic rings. The van der Waals surface area contributed by atoms with Crippen molar-refractivity contribution in [3.8, 4) is 11.1 Å². The Morgan fingerprint density at radius 3 is 2.61 bits per heavy atom. The molecule has 1 saturated heterocycles. The number of hydrogen-bond donors (Lipinski definition) is 0. The summed E-state index contributed by atoms with van der Waals surface area (Å²) in [6.45, 7) is 6.70. The first-order valence-electron chi connectivity index (χ1n) is 11.3. The van der Waals surface area contributed by atoms with Crippen LogP contribution in [0.5, 0.6) is 0 Å². The molecule has 4 aromatic rings. The van der Waals surface area contributed by atoms with Crippen molar-refractivity contribution in [2.45, 2.75) is 19.9 Å². The first kappa shape index (κ1) is 21.2. The van der Waals surface area contributed by atoms with Crippen LogP contribution in [-0.2, 0) is 13.0 Å². The molecule has 0 unspecified atom stereocenters. The summed E-state index contributed by atoms with van der Waals surface area (Å²) in [7, 11) is 2.12. The van der Waals surface area contributed by atoms with E-state index < -0.39 is 0 Å². The number of carbonyl (C=O) groups is 1. The number of anilines is 1. The van der Waals surface area contributed by atoms with Crippen LogP contribution in [0.3, 0.4) is 0 Å². The van der Waals surface area contributed by atoms with E-state index >= 15 is 0 Å². The Balaban J connectivity index is 1.35. The van der Waals surface area contributed by atoms with Crippen LogP contribution in [0, 0.1) is 0 Å². The van der Waals surface area contributed by atoms with Gasteiger partial charge in [0.25, 0.3) is 0 Å². The fourth-order valence-electron chi connectivity index (χ4n) is 4.08. The van der Waals surface area contributed by atoms with E-state index in [2.05, 4.69) is 49.9 Å². The molecule has 0 amide bonds. The molecule has 0 saturated carbocycles. The van der Waals surface area contributed by atoms with E-state index in [4.69, 9.17) is 0 Å². The Morgan fingerprint density at radius 1 is 0.970 bits per heavy atom. The zero-order valence-electron chi connectivity index (χ0n) is 19.0. The molecule has 1 aliphatic heterocycles. The minimum atomic E-state index is 0.0352. The largest absolute Gasteiger partial charge is 0.354 e. The lowest BCUT2D eigenvalue weighted by Crippen LogP contribution is -2.44. The highest BCUT2D eigenvalue weighted by molar-refractivity contribution is 5.98. The summed E-state index contributed by atoms with van der Waals surface area (Å²) < 4.78 is 1.89. The highest BCUT2D eigenvalue weighted by Crippen LogP contribution is 2.23. The zero-order valence-corrected chi connectivity index (χ0v) is 19.0. The summed E-state index contributed by atoms with van der Waals surface area (Å²) >= 11 is 0. The Kier molecular flexibility index (Phi) is 5.83. The van der Waals surface area contributed by atoms with E-state index in [1.54, 1.807) is 18.5 Å². The van der Waals surface area contributed by atoms with Crippen molar-refractivity contribution in [3.05, 3.63) is 66.5 Å². The number of hydrogen-bond acceptors (Lipinski definition) is 7. The van der Waals surface area contributed by atoms with Crippen molar-refractivity contribution >= 4 is 22.5 Å². The molecule has 0 N–H and O–H groups in total. The second-order valence-corrected chi connectivity index (χ2v) is 8.47. The SMILES string of the molecule is CCn1cc(-c2cnc3cnc(CC(=O)c4ccnc(N5CCN(C)CC5)c4)cc3c2)cn1. The van der Waals surface area contributed by atoms with Gasteiger partial charge in [-0.1, -0.05) is 0 Å². The molecule has 4 aromatic heterocycles. The number of piperazine rings is 1. The number of fused-ring (bicyclic) bond motifs is 1. The molecule has 0 spiro atoms. The second-order valence-electron chi connectivity index (χ2n) is 8.47. The number of likely N-dealkylation sites (N-methyl/N-ethyl adjacent to an activating group) is 1. The maximum atomic E-state index is 13.0. The second kappa shape index (κ2) is 9.07. The van der Waals surface area contributed by atoms with Gasteiger partial charge in [0.2, 0.25) is 0 Å². The lowest BCUT2D eigenvalue weighted by atomic mass is 10.0. The van der Waals surface area contributed by atoms with Gasteiger partial charge in [0.05, 0.1) is 24.3 Å². The third kappa shape index (κ3) is 4.61. The van der Waals surface area contributed by atoms with Crippen molar-refractivity contribution in [1.82, 2.24) is 29.6 Å². The van der Waals surface area contributed by atoms with Gasteiger partial charge in [-0.15, -0.1) is 0 Å². The van der Waals surface area contributed by atoms with Crippen LogP contribution < -0.4 is 4.90 Å². The van der Waals surface area contributed by atoms with Crippen LogP contribution in [0.25, 0.3) is 22.0 Å². The standard InChI is InChI=1S/C25H27N7O/c1-3-32-17-21(15-29-32)20-10-19-11-22(27-16-23(19)28-14-20)13-24(33)18-4-5-26-25(12-18)31-8-6-30(2)7-9-31/h4-5,10-12,14-17H,3,6-9,13H2,1-2H3. The quantitative estimate of drug-likeness (QED) is 0.425. The predicted molar refractivity (Wildman–Crippen MR) is 128 cm³/mol. The number of aryl methyl sites for hydroxylation is 1. The van der Waals surface area contributed by atoms with Crippen LogP contribution in [-0.4, -0.2) is 68.6 Å². The molecule has 0 aromatic carbocycles. The Labute approximate surface area is 192 Å². The zero-order chi connectivity index (χ0) is 22.8. The normalized spacial score (nSPS) is 14.7. The molecule has 33 heavy (non-hydrogen) atoms. The summed E-state index contributed by atoms with van der Waals surface area (Å²) in [6.07, 6.45) is 9.39. The monoisotopic (exact) mass is 441 g/mol. The molecule has 8 nitrogen and oxygen atoms in total. The molecule has 0 radical (unpaired) electrons. The van der Waals surface area contributed by atoms with Gasteiger partial charge in [0.15, 0.2) is 5.78 Å². The molecule has 168 valence electrons. The molecule has 5 rings (SSSR count). The first-order chi connectivity index (χ1) is 16.1. The smallest absolute Gasteiger partial charge is 0.169 e. The van der Waals surface area contributed by atoms with Crippen molar-refractivity contribution in [2.24, 2.45) is 0 Å². The summed E-state index contributed by atoms with van der Waals surface area (Å²) in [5.41, 5.74) is 4.22. The van der Waals surface area contributed by atoms with Gasteiger partial charge in [-0.05, 0) is 38.2 Å². The van der Waals surface area contributed by atoms with Crippen LogP contribution in [0.4, 0.5) is 5.82 Å². The first-order valence-corrected chi connectivity index (χ1v) is 11.3. The lowest BCUT2D eigenvalue weighted by Gasteiger charge is -2.33. The van der Waals surface area contributed by atoms with E-state index in [0.717, 1.165) is 66.3 Å². The summed E-state index contributed by atoms with van der Waals surface area (Å²) in [5.74, 6) is 0.898. The molecule has 8 heteroatoms. The topological polar surface area (TPSA) is 80.0 Å². The van der Waals surface area contributed by atoms with E-state index in [9.17, 15) is 4.79 Å². The minimum Gasteiger partial charge on any atom is -0.354 e. The highest BCUT2D eigenvalue weighted by atomic mass is 16.1. The van der Waals surface area contributed by atoms with Gasteiger partial charge < -0.3 is 9.80 Å². The van der Waals surface area contributed by atoms with Crippen molar-refractivity contribution < 1.29 is 4.79 Å². The lowest BCUT2D eigenvalue weighted by molar-refractivity contribution is 0.0992. The molecule has 1 fully saturated rings. The third-order valence-electron chi connectivity index (χ3n) is 6.15. The number of nitrogens with zero attached hydrogens (tertiary/aromatic N) is 7. The van der Waals surface area contributed by atoms with E-state index in [1.165, 1.54) is 0 Å². The maximum Gasteiger partial charge on any atom is 0.169 e. The number of carbonyl (C=O) groups excluding carboxylic acids is 1. The van der Waals surface area contributed by atoms with Crippen molar-refractivity contribution in [3.63, 3.8) is 0 Å². The van der Waals surface area contributed by atoms with Gasteiger partial charge in [-0.25, -0.2) is 4.98 Å². The predicted octanol–water partition coefficient (Wildman–Crippen LogP) is 3.09. The van der Waals surface area contributed by atoms with Crippen molar-refractivity contribution in [2.75, 3.05) is 38.1 Å². The van der Waals surface area contributed by atoms with Gasteiger partial charge in [0, 0.05) is 79.1 Å². The van der Waals surface area contributed by atoms with Crippen LogP contribution >= 0.6 is 0 Å². The Morgan fingerprint density at radius 2 is 1.82 bits per heavy atom. The van der Waals surface area contributed by atoms with Crippen LogP contribution in [0.15, 0.2) is 55.2 Å². The molecular formula is C25H27N7O. The average Bonchev–Trinajstić information content (AvgIpc) is 3.34. The van der Waals surface area contributed by atoms with Gasteiger partial charge in [-0.3, -0.25) is 19.4 Å². The van der Waals surface area contributed by atoms with E-state index in [0.29, 0.717) is 5.56 Å². The number of ketones is 1. The number of aromatic nitrogens is 5. The average molecular weight is 442 g/mol. The van der Waals surface area contributed by atoms with E-state index in [-0.39, 0.29) is 12.2 Å². The highest BCUT2D eigenvalue weighted by Gasteiger charge is 2.17. The van der Waals surface area contributed by atoms with Crippen LogP contribution in [0.1, 0.15) is 23.0 Å². The fraction of sp³-hybridized carbons (Fsp3) is 0.320. The molecule has 0 aliphatic carbocycles. The van der Waals surface area contributed by atoms with E-state index in [1.807, 2.05) is 35.4 Å². The van der Waals surface area contributed by atoms with Gasteiger partial charge in [-0.2, -0.15) is 5.10 Å². The Bertz CT molecular complexity index is 1290. The van der Waals surface area contributed by atoms with Crippen LogP contribution in [0.2, 0.25) is 0 Å². The Hall–Kier alpha value is -3.65. The summed E-state index contributed by atoms with van der Waals surface area (Å²) in [5, 5.41) is 5.31. The van der Waals surface area contributed by atoms with Gasteiger partial charge in [0.1, 0.15) is 5.82 Å². The number of Topliss-reactive ketones (excluding diaryl/α,β-unsaturated/α-hetero) is 1. The summed E-state index contributed by atoms with van der Waals surface area (Å²) in [4.78, 5) is 31.1. The third-order valence-corrected chi connectivity index (χ3v) is 6.15. The fourth-order valence-corrected chi connectivity index (χ4v) is 4.08. The van der Waals surface area contributed by atoms with Gasteiger partial charge >= 0.3 is 0 Å². The van der Waals surface area contributed by atoms with Crippen molar-refractivity contribution in [1.29, 1.82) is 0 Å². The molecule has 5 heterocycles. The summed E-state index contributed by atoms with van der Waals surface area (Å²) in [6, 6.07) is 7.72. The molecule has 0 bridgehead atoms. The number of pyridine rings is 3. The maximum absolute atomic E-state index is 13.0. The molecule has 0 atom stereocenters. The minimum absolute atomic E-state index is 0.0352. The number of rotatable bonds is 6.